The van der Waals surface area contributed by atoms with Gasteiger partial charge in [0.15, 0.2) is 11.0 Å². The van der Waals surface area contributed by atoms with Gasteiger partial charge in [-0.2, -0.15) is 8.42 Å². The Labute approximate surface area is 136 Å². The molecule has 0 radical (unpaired) electrons. The molecule has 130 valence electrons. The summed E-state index contributed by atoms with van der Waals surface area (Å²) in [5.41, 5.74) is 0. The Morgan fingerprint density at radius 2 is 1.79 bits per heavy atom. The number of esters is 1. The lowest BCUT2D eigenvalue weighted by Gasteiger charge is -2.14. The standard InChI is InChI=1S/C13H13NO9S/c15-7-6-8(24(20,21)22)12(19)13(7)23-11(18)2-1-5-14-9(16)3-4-10(14)17/h3-4,8,13H,1-2,5-6H2,(H,20,21,22). The van der Waals surface area contributed by atoms with Crippen molar-refractivity contribution >= 4 is 39.5 Å². The van der Waals surface area contributed by atoms with E-state index in [-0.39, 0.29) is 19.4 Å². The van der Waals surface area contributed by atoms with E-state index in [9.17, 15) is 32.4 Å². The van der Waals surface area contributed by atoms with Gasteiger partial charge in [-0.15, -0.1) is 0 Å². The molecule has 1 heterocycles. The predicted octanol–water partition coefficient (Wildman–Crippen LogP) is -1.60. The summed E-state index contributed by atoms with van der Waals surface area (Å²) in [6, 6.07) is 0. The zero-order valence-electron chi connectivity index (χ0n) is 12.2. The lowest BCUT2D eigenvalue weighted by molar-refractivity contribution is -0.157. The molecule has 10 nitrogen and oxygen atoms in total. The molecule has 0 aromatic rings. The van der Waals surface area contributed by atoms with Crippen LogP contribution < -0.4 is 0 Å². The average Bonchev–Trinajstić information content (AvgIpc) is 2.94. The molecule has 2 atom stereocenters. The normalized spacial score (nSPS) is 24.1. The van der Waals surface area contributed by atoms with Crippen molar-refractivity contribution in [3.63, 3.8) is 0 Å². The Bertz CT molecular complexity index is 733. The van der Waals surface area contributed by atoms with E-state index in [0.717, 1.165) is 17.1 Å². The summed E-state index contributed by atoms with van der Waals surface area (Å²) >= 11 is 0. The van der Waals surface area contributed by atoms with Gasteiger partial charge in [-0.05, 0) is 6.42 Å². The number of ether oxygens (including phenoxy) is 1. The van der Waals surface area contributed by atoms with Gasteiger partial charge in [-0.3, -0.25) is 33.4 Å². The van der Waals surface area contributed by atoms with Crippen LogP contribution in [0.5, 0.6) is 0 Å². The van der Waals surface area contributed by atoms with Crippen LogP contribution in [-0.4, -0.2) is 65.1 Å². The molecular formula is C13H13NO9S. The lowest BCUT2D eigenvalue weighted by atomic mass is 10.2. The Hall–Kier alpha value is -2.40. The molecule has 0 bridgehead atoms. The number of nitrogens with zero attached hydrogens (tertiary/aromatic N) is 1. The summed E-state index contributed by atoms with van der Waals surface area (Å²) in [5, 5.41) is -1.92. The lowest BCUT2D eigenvalue weighted by Crippen LogP contribution is -2.34. The number of Topliss-reactive ketones (excluding diaryl/α,β-unsaturated/α-hetero) is 2. The number of ketones is 2. The highest BCUT2D eigenvalue weighted by Gasteiger charge is 2.49. The Balaban J connectivity index is 1.84. The first kappa shape index (κ1) is 17.9. The van der Waals surface area contributed by atoms with Gasteiger partial charge in [-0.25, -0.2) is 0 Å². The number of imide groups is 1. The highest BCUT2D eigenvalue weighted by atomic mass is 32.2. The number of amides is 2. The van der Waals surface area contributed by atoms with Crippen molar-refractivity contribution < 1.29 is 41.7 Å². The average molecular weight is 359 g/mol. The molecule has 2 rings (SSSR count). The molecule has 1 N–H and O–H groups in total. The molecule has 0 spiro atoms. The zero-order chi connectivity index (χ0) is 18.1. The minimum absolute atomic E-state index is 0.0417. The van der Waals surface area contributed by atoms with E-state index >= 15 is 0 Å². The van der Waals surface area contributed by atoms with Crippen molar-refractivity contribution in [2.24, 2.45) is 0 Å². The fourth-order valence-electron chi connectivity index (χ4n) is 2.32. The van der Waals surface area contributed by atoms with Gasteiger partial charge in [0.05, 0.1) is 0 Å². The van der Waals surface area contributed by atoms with Crippen LogP contribution >= 0.6 is 0 Å². The SMILES string of the molecule is O=C(CCCN1C(=O)C=CC1=O)OC1C(=O)CC(S(=O)(=O)O)C1=O. The van der Waals surface area contributed by atoms with Gasteiger partial charge < -0.3 is 4.74 Å². The summed E-state index contributed by atoms with van der Waals surface area (Å²) in [5.74, 6) is -4.07. The molecule has 0 saturated heterocycles. The summed E-state index contributed by atoms with van der Waals surface area (Å²) in [4.78, 5) is 58.4. The topological polar surface area (TPSA) is 152 Å². The van der Waals surface area contributed by atoms with Crippen LogP contribution in [0.2, 0.25) is 0 Å². The van der Waals surface area contributed by atoms with E-state index < -0.39 is 57.2 Å². The van der Waals surface area contributed by atoms with Gasteiger partial charge in [-0.1, -0.05) is 0 Å². The van der Waals surface area contributed by atoms with Crippen molar-refractivity contribution in [2.75, 3.05) is 6.54 Å². The van der Waals surface area contributed by atoms with Crippen LogP contribution in [0.25, 0.3) is 0 Å². The van der Waals surface area contributed by atoms with E-state index in [1.54, 1.807) is 0 Å². The van der Waals surface area contributed by atoms with Crippen molar-refractivity contribution in [3.8, 4) is 0 Å². The fourth-order valence-corrected chi connectivity index (χ4v) is 3.11. The van der Waals surface area contributed by atoms with Gasteiger partial charge in [0.1, 0.15) is 0 Å². The smallest absolute Gasteiger partial charge is 0.307 e. The van der Waals surface area contributed by atoms with Gasteiger partial charge in [0, 0.05) is 31.5 Å². The molecule has 2 aliphatic rings. The quantitative estimate of drug-likeness (QED) is 0.256. The summed E-state index contributed by atoms with van der Waals surface area (Å²) < 4.78 is 35.5. The molecule has 2 unspecified atom stereocenters. The van der Waals surface area contributed by atoms with Crippen molar-refractivity contribution in [3.05, 3.63) is 12.2 Å². The zero-order valence-corrected chi connectivity index (χ0v) is 13.0. The summed E-state index contributed by atoms with van der Waals surface area (Å²) in [6.07, 6.45) is -0.670. The molecule has 1 aliphatic carbocycles. The molecule has 0 aromatic heterocycles. The highest BCUT2D eigenvalue weighted by Crippen LogP contribution is 2.21. The first-order valence-corrected chi connectivity index (χ1v) is 8.37. The Morgan fingerprint density at radius 3 is 2.29 bits per heavy atom. The molecule has 24 heavy (non-hydrogen) atoms. The van der Waals surface area contributed by atoms with Crippen LogP contribution in [0.15, 0.2) is 12.2 Å². The second-order valence-corrected chi connectivity index (χ2v) is 6.81. The highest BCUT2D eigenvalue weighted by molar-refractivity contribution is 7.87. The molecule has 1 aliphatic heterocycles. The first-order chi connectivity index (χ1) is 11.1. The molecule has 11 heteroatoms. The van der Waals surface area contributed by atoms with Crippen LogP contribution in [0.1, 0.15) is 19.3 Å². The van der Waals surface area contributed by atoms with Crippen molar-refractivity contribution in [1.29, 1.82) is 0 Å². The van der Waals surface area contributed by atoms with Crippen LogP contribution in [0.4, 0.5) is 0 Å². The number of carbonyl (C=O) groups excluding carboxylic acids is 5. The van der Waals surface area contributed by atoms with E-state index in [1.165, 1.54) is 0 Å². The van der Waals surface area contributed by atoms with Gasteiger partial charge in [0.2, 0.25) is 11.9 Å². The summed E-state index contributed by atoms with van der Waals surface area (Å²) in [7, 11) is -4.74. The number of hydrogen-bond acceptors (Lipinski definition) is 8. The number of carbonyl (C=O) groups is 5. The first-order valence-electron chi connectivity index (χ1n) is 6.87. The van der Waals surface area contributed by atoms with Crippen LogP contribution in [0, 0.1) is 0 Å². The maximum absolute atomic E-state index is 11.7. The second-order valence-electron chi connectivity index (χ2n) is 5.21. The third kappa shape index (κ3) is 3.74. The molecular weight excluding hydrogens is 346 g/mol. The largest absolute Gasteiger partial charge is 0.446 e. The maximum atomic E-state index is 11.7. The Kier molecular flexibility index (Phi) is 4.94. The molecule has 1 saturated carbocycles. The van der Waals surface area contributed by atoms with E-state index in [1.807, 2.05) is 0 Å². The van der Waals surface area contributed by atoms with Crippen molar-refractivity contribution in [2.45, 2.75) is 30.6 Å². The Morgan fingerprint density at radius 1 is 1.21 bits per heavy atom. The van der Waals surface area contributed by atoms with E-state index in [2.05, 4.69) is 4.74 Å². The predicted molar refractivity (Wildman–Crippen MR) is 74.9 cm³/mol. The third-order valence-electron chi connectivity index (χ3n) is 3.53. The molecule has 1 fully saturated rings. The van der Waals surface area contributed by atoms with Crippen molar-refractivity contribution in [1.82, 2.24) is 4.90 Å². The van der Waals surface area contributed by atoms with Crippen LogP contribution in [-0.2, 0) is 38.8 Å². The van der Waals surface area contributed by atoms with Gasteiger partial charge in [0.25, 0.3) is 21.9 Å². The summed E-state index contributed by atoms with van der Waals surface area (Å²) in [6.45, 7) is -0.0417. The monoisotopic (exact) mass is 359 g/mol. The van der Waals surface area contributed by atoms with Gasteiger partial charge >= 0.3 is 5.97 Å². The minimum atomic E-state index is -4.74. The van der Waals surface area contributed by atoms with E-state index in [0.29, 0.717) is 0 Å². The molecule has 0 aromatic carbocycles. The minimum Gasteiger partial charge on any atom is -0.446 e. The maximum Gasteiger partial charge on any atom is 0.307 e. The third-order valence-corrected chi connectivity index (χ3v) is 4.64. The number of hydrogen-bond donors (Lipinski definition) is 1. The second kappa shape index (κ2) is 6.61. The number of rotatable bonds is 6. The fraction of sp³-hybridized carbons (Fsp3) is 0.462. The molecule has 2 amide bonds. The van der Waals surface area contributed by atoms with Crippen LogP contribution in [0.3, 0.4) is 0 Å². The van der Waals surface area contributed by atoms with E-state index in [4.69, 9.17) is 4.55 Å².